The quantitative estimate of drug-likeness (QED) is 0.245. The van der Waals surface area contributed by atoms with Gasteiger partial charge in [-0.25, -0.2) is 18.0 Å². The number of hydrogen-bond acceptors (Lipinski definition) is 2. The van der Waals surface area contributed by atoms with Crippen LogP contribution >= 0.6 is 11.6 Å². The first-order valence-electron chi connectivity index (χ1n) is 11.0. The second-order valence-corrected chi connectivity index (χ2v) is 8.79. The van der Waals surface area contributed by atoms with Crippen LogP contribution in [0.5, 0.6) is 0 Å². The highest BCUT2D eigenvalue weighted by Crippen LogP contribution is 2.38. The van der Waals surface area contributed by atoms with Gasteiger partial charge in [0.2, 0.25) is 0 Å². The lowest BCUT2D eigenvalue weighted by atomic mass is 9.79. The van der Waals surface area contributed by atoms with Crippen molar-refractivity contribution in [3.8, 4) is 0 Å². The number of urea groups is 1. The zero-order valence-electron chi connectivity index (χ0n) is 19.3. The molecular weight excluding hydrogens is 532 g/mol. The van der Waals surface area contributed by atoms with Crippen LogP contribution in [0.3, 0.4) is 0 Å². The molecule has 38 heavy (non-hydrogen) atoms. The van der Waals surface area contributed by atoms with Crippen LogP contribution in [0.4, 0.5) is 36.8 Å². The Labute approximate surface area is 218 Å². The topological polar surface area (TPSA) is 54.0 Å². The van der Waals surface area contributed by atoms with E-state index in [9.17, 15) is 31.1 Å². The number of nitrogens with zero attached hydrogens (tertiary/aromatic N) is 1. The number of anilines is 1. The number of carbonyl (C=O) groups excluding carboxylic acids is 1. The van der Waals surface area contributed by atoms with Crippen LogP contribution in [0, 0.1) is 17.5 Å². The number of halogens is 7. The van der Waals surface area contributed by atoms with E-state index in [1.165, 1.54) is 48.7 Å². The Kier molecular flexibility index (Phi) is 7.63. The second kappa shape index (κ2) is 10.7. The first-order chi connectivity index (χ1) is 18.0. The van der Waals surface area contributed by atoms with Crippen molar-refractivity contribution < 1.29 is 31.1 Å². The molecule has 0 aliphatic rings. The Morgan fingerprint density at radius 3 is 2.24 bits per heavy atom. The minimum absolute atomic E-state index is 0.00637. The highest BCUT2D eigenvalue weighted by Gasteiger charge is 2.41. The molecule has 2 amide bonds. The van der Waals surface area contributed by atoms with Crippen molar-refractivity contribution in [3.63, 3.8) is 0 Å². The molecule has 1 atom stereocenters. The van der Waals surface area contributed by atoms with E-state index >= 15 is 0 Å². The molecule has 0 radical (unpaired) electrons. The predicted molar refractivity (Wildman–Crippen MR) is 130 cm³/mol. The highest BCUT2D eigenvalue weighted by atomic mass is 35.5. The fourth-order valence-electron chi connectivity index (χ4n) is 4.00. The van der Waals surface area contributed by atoms with Gasteiger partial charge < -0.3 is 10.6 Å². The number of alkyl halides is 3. The molecule has 0 saturated carbocycles. The SMILES string of the molecule is O=C(Nc1cccc(F)c1)N[C@](Cc1ccccc1F)(c1cc(F)cc(C(F)(F)F)c1)c1ccc(Cl)cn1. The fourth-order valence-corrected chi connectivity index (χ4v) is 4.11. The third-order valence-electron chi connectivity index (χ3n) is 5.71. The number of carbonyl (C=O) groups is 1. The predicted octanol–water partition coefficient (Wildman–Crippen LogP) is 7.48. The number of amides is 2. The molecular formula is C27H18ClF6N3O. The summed E-state index contributed by atoms with van der Waals surface area (Å²) in [6.07, 6.45) is -4.22. The van der Waals surface area contributed by atoms with Gasteiger partial charge in [-0.1, -0.05) is 35.9 Å². The molecule has 4 rings (SSSR count). The molecule has 0 fully saturated rings. The summed E-state index contributed by atoms with van der Waals surface area (Å²) >= 11 is 5.96. The second-order valence-electron chi connectivity index (χ2n) is 8.35. The summed E-state index contributed by atoms with van der Waals surface area (Å²) in [5.41, 5.74) is -3.76. The Morgan fingerprint density at radius 2 is 1.58 bits per heavy atom. The maximum Gasteiger partial charge on any atom is 0.416 e. The molecule has 0 bridgehead atoms. The Bertz CT molecular complexity index is 1460. The summed E-state index contributed by atoms with van der Waals surface area (Å²) in [5.74, 6) is -2.61. The van der Waals surface area contributed by atoms with E-state index in [0.717, 1.165) is 24.3 Å². The molecule has 11 heteroatoms. The van der Waals surface area contributed by atoms with Gasteiger partial charge in [0.1, 0.15) is 23.0 Å². The maximum absolute atomic E-state index is 14.8. The van der Waals surface area contributed by atoms with E-state index in [0.29, 0.717) is 12.1 Å². The van der Waals surface area contributed by atoms with Crippen molar-refractivity contribution >= 4 is 23.3 Å². The van der Waals surface area contributed by atoms with Crippen molar-refractivity contribution in [1.29, 1.82) is 0 Å². The molecule has 4 nitrogen and oxygen atoms in total. The van der Waals surface area contributed by atoms with Crippen LogP contribution in [-0.4, -0.2) is 11.0 Å². The minimum atomic E-state index is -4.93. The first-order valence-corrected chi connectivity index (χ1v) is 11.4. The Balaban J connectivity index is 1.93. The average Bonchev–Trinajstić information content (AvgIpc) is 2.84. The van der Waals surface area contributed by atoms with Crippen molar-refractivity contribution in [3.05, 3.63) is 130 Å². The molecule has 3 aromatic carbocycles. The number of pyridine rings is 1. The number of aromatic nitrogens is 1. The Morgan fingerprint density at radius 1 is 0.842 bits per heavy atom. The molecule has 196 valence electrons. The number of rotatable bonds is 6. The lowest BCUT2D eigenvalue weighted by Crippen LogP contribution is -2.51. The third-order valence-corrected chi connectivity index (χ3v) is 5.93. The molecule has 2 N–H and O–H groups in total. The summed E-state index contributed by atoms with van der Waals surface area (Å²) in [6.45, 7) is 0. The third kappa shape index (κ3) is 6.08. The number of hydrogen-bond donors (Lipinski definition) is 2. The fraction of sp³-hybridized carbons (Fsp3) is 0.111. The van der Waals surface area contributed by atoms with E-state index in [2.05, 4.69) is 15.6 Å². The molecule has 1 aromatic heterocycles. The van der Waals surface area contributed by atoms with Crippen LogP contribution in [0.25, 0.3) is 0 Å². The highest BCUT2D eigenvalue weighted by molar-refractivity contribution is 6.30. The maximum atomic E-state index is 14.8. The lowest BCUT2D eigenvalue weighted by molar-refractivity contribution is -0.137. The molecule has 0 aliphatic heterocycles. The van der Waals surface area contributed by atoms with Crippen molar-refractivity contribution in [1.82, 2.24) is 10.3 Å². The minimum Gasteiger partial charge on any atom is -0.322 e. The zero-order valence-corrected chi connectivity index (χ0v) is 20.0. The smallest absolute Gasteiger partial charge is 0.322 e. The van der Waals surface area contributed by atoms with E-state index in [1.807, 2.05) is 0 Å². The van der Waals surface area contributed by atoms with E-state index in [1.54, 1.807) is 0 Å². The molecule has 0 spiro atoms. The summed E-state index contributed by atoms with van der Waals surface area (Å²) in [6, 6.07) is 13.7. The van der Waals surface area contributed by atoms with Crippen LogP contribution in [0.15, 0.2) is 85.1 Å². The van der Waals surface area contributed by atoms with Gasteiger partial charge in [-0.3, -0.25) is 4.98 Å². The van der Waals surface area contributed by atoms with Gasteiger partial charge in [0.15, 0.2) is 0 Å². The van der Waals surface area contributed by atoms with Crippen molar-refractivity contribution in [2.45, 2.75) is 18.1 Å². The van der Waals surface area contributed by atoms with Crippen molar-refractivity contribution in [2.75, 3.05) is 5.32 Å². The molecule has 0 unspecified atom stereocenters. The Hall–Kier alpha value is -4.05. The van der Waals surface area contributed by atoms with E-state index < -0.39 is 47.2 Å². The van der Waals surface area contributed by atoms with Gasteiger partial charge >= 0.3 is 12.2 Å². The van der Waals surface area contributed by atoms with Gasteiger partial charge in [0, 0.05) is 18.3 Å². The van der Waals surface area contributed by atoms with Gasteiger partial charge in [-0.05, 0) is 65.7 Å². The summed E-state index contributed by atoms with van der Waals surface area (Å²) in [5, 5.41) is 5.12. The standard InChI is InChI=1S/C27H18ClF6N3O/c28-19-8-9-24(35-15-19)26(14-16-4-1-2-7-23(16)31,17-10-18(27(32,33)34)12-21(30)11-17)37-25(38)36-22-6-3-5-20(29)13-22/h1-13,15H,14H2,(H2,36,37,38)/t26-/m1/s1. The van der Waals surface area contributed by atoms with Gasteiger partial charge in [0.05, 0.1) is 16.3 Å². The first kappa shape index (κ1) is 27.0. The van der Waals surface area contributed by atoms with Crippen LogP contribution < -0.4 is 10.6 Å². The van der Waals surface area contributed by atoms with Crippen LogP contribution in [0.2, 0.25) is 5.02 Å². The monoisotopic (exact) mass is 549 g/mol. The number of benzene rings is 3. The zero-order chi connectivity index (χ0) is 27.5. The van der Waals surface area contributed by atoms with E-state index in [-0.39, 0.29) is 27.5 Å². The summed E-state index contributed by atoms with van der Waals surface area (Å²) in [7, 11) is 0. The molecule has 0 aliphatic carbocycles. The molecule has 4 aromatic rings. The van der Waals surface area contributed by atoms with Gasteiger partial charge in [0.25, 0.3) is 0 Å². The van der Waals surface area contributed by atoms with Crippen molar-refractivity contribution in [2.24, 2.45) is 0 Å². The summed E-state index contributed by atoms with van der Waals surface area (Å²) < 4.78 is 84.2. The molecule has 0 saturated heterocycles. The van der Waals surface area contributed by atoms with E-state index in [4.69, 9.17) is 11.6 Å². The largest absolute Gasteiger partial charge is 0.416 e. The number of nitrogens with one attached hydrogen (secondary N) is 2. The molecule has 1 heterocycles. The van der Waals surface area contributed by atoms with Crippen LogP contribution in [0.1, 0.15) is 22.4 Å². The van der Waals surface area contributed by atoms with Crippen LogP contribution in [-0.2, 0) is 18.1 Å². The lowest BCUT2D eigenvalue weighted by Gasteiger charge is -2.36. The average molecular weight is 550 g/mol. The summed E-state index contributed by atoms with van der Waals surface area (Å²) in [4.78, 5) is 17.4. The van der Waals surface area contributed by atoms with Gasteiger partial charge in [-0.15, -0.1) is 0 Å². The van der Waals surface area contributed by atoms with Gasteiger partial charge in [-0.2, -0.15) is 13.2 Å². The normalized spacial score (nSPS) is 13.0.